The van der Waals surface area contributed by atoms with Crippen LogP contribution in [0.5, 0.6) is 0 Å². The molecule has 3 unspecified atom stereocenters. The summed E-state index contributed by atoms with van der Waals surface area (Å²) in [5.41, 5.74) is -0.125. The summed E-state index contributed by atoms with van der Waals surface area (Å²) >= 11 is 0. The van der Waals surface area contributed by atoms with Crippen molar-refractivity contribution in [2.45, 2.75) is 59.5 Å². The lowest BCUT2D eigenvalue weighted by Crippen LogP contribution is -2.34. The normalized spacial score (nSPS) is 27.2. The molecule has 5 heteroatoms. The van der Waals surface area contributed by atoms with Gasteiger partial charge in [0.2, 0.25) is 9.05 Å². The minimum atomic E-state index is -3.48. The summed E-state index contributed by atoms with van der Waals surface area (Å²) in [5.74, 6) is 0.491. The second-order valence-electron chi connectivity index (χ2n) is 6.90. The lowest BCUT2D eigenvalue weighted by Gasteiger charge is -2.34. The third-order valence-electron chi connectivity index (χ3n) is 4.17. The van der Waals surface area contributed by atoms with Crippen molar-refractivity contribution in [2.75, 3.05) is 12.4 Å². The van der Waals surface area contributed by atoms with Crippen molar-refractivity contribution in [2.24, 2.45) is 17.3 Å². The van der Waals surface area contributed by atoms with Gasteiger partial charge in [-0.25, -0.2) is 8.42 Å². The van der Waals surface area contributed by atoms with Crippen LogP contribution in [0, 0.1) is 17.3 Å². The molecule has 3 nitrogen and oxygen atoms in total. The third-order valence-corrected chi connectivity index (χ3v) is 5.35. The van der Waals surface area contributed by atoms with Gasteiger partial charge in [0.05, 0.1) is 18.5 Å². The summed E-state index contributed by atoms with van der Waals surface area (Å²) in [7, 11) is 1.92. The molecule has 19 heavy (non-hydrogen) atoms. The second-order valence-corrected chi connectivity index (χ2v) is 9.72. The van der Waals surface area contributed by atoms with E-state index in [2.05, 4.69) is 6.92 Å². The molecule has 3 atom stereocenters. The van der Waals surface area contributed by atoms with Crippen molar-refractivity contribution in [1.29, 1.82) is 0 Å². The molecule has 0 radical (unpaired) electrons. The first kappa shape index (κ1) is 17.3. The smallest absolute Gasteiger partial charge is 0.232 e. The minimum Gasteiger partial charge on any atom is -0.378 e. The maximum Gasteiger partial charge on any atom is 0.232 e. The van der Waals surface area contributed by atoms with E-state index < -0.39 is 9.05 Å². The zero-order valence-electron chi connectivity index (χ0n) is 12.5. The molecular weight excluding hydrogens is 284 g/mol. The molecule has 0 bridgehead atoms. The van der Waals surface area contributed by atoms with Crippen LogP contribution in [-0.2, 0) is 13.8 Å². The summed E-state index contributed by atoms with van der Waals surface area (Å²) in [6.45, 7) is 8.80. The molecule has 1 fully saturated rings. The molecule has 0 heterocycles. The van der Waals surface area contributed by atoms with Gasteiger partial charge in [-0.15, -0.1) is 0 Å². The quantitative estimate of drug-likeness (QED) is 0.725. The van der Waals surface area contributed by atoms with E-state index in [1.807, 2.05) is 20.8 Å². The summed E-state index contributed by atoms with van der Waals surface area (Å²) in [6.07, 6.45) is 5.06. The van der Waals surface area contributed by atoms with Gasteiger partial charge in [0.1, 0.15) is 0 Å². The molecule has 0 amide bonds. The molecular formula is C14H27ClO3S. The highest BCUT2D eigenvalue weighted by molar-refractivity contribution is 8.13. The Kier molecular flexibility index (Phi) is 6.15. The van der Waals surface area contributed by atoms with Gasteiger partial charge in [0.25, 0.3) is 0 Å². The van der Waals surface area contributed by atoms with Crippen LogP contribution >= 0.6 is 10.7 Å². The maximum absolute atomic E-state index is 11.3. The van der Waals surface area contributed by atoms with Crippen LogP contribution in [0.1, 0.15) is 53.4 Å². The van der Waals surface area contributed by atoms with Crippen LogP contribution in [0.2, 0.25) is 0 Å². The SMILES string of the molecule is CC1CCCCC1OCC(CS(=O)(=O)Cl)C(C)(C)C. The Morgan fingerprint density at radius 1 is 1.26 bits per heavy atom. The van der Waals surface area contributed by atoms with E-state index >= 15 is 0 Å². The van der Waals surface area contributed by atoms with Gasteiger partial charge in [-0.05, 0) is 24.2 Å². The number of halogens is 1. The van der Waals surface area contributed by atoms with E-state index in [1.165, 1.54) is 19.3 Å². The Morgan fingerprint density at radius 3 is 2.32 bits per heavy atom. The Hall–Kier alpha value is 0.200. The van der Waals surface area contributed by atoms with E-state index in [-0.39, 0.29) is 23.2 Å². The molecule has 1 rings (SSSR count). The molecule has 1 aliphatic rings. The average molecular weight is 311 g/mol. The van der Waals surface area contributed by atoms with Gasteiger partial charge in [0.15, 0.2) is 0 Å². The number of rotatable bonds is 5. The molecule has 0 aromatic heterocycles. The van der Waals surface area contributed by atoms with Crippen LogP contribution < -0.4 is 0 Å². The predicted molar refractivity (Wildman–Crippen MR) is 80.0 cm³/mol. The van der Waals surface area contributed by atoms with Crippen molar-refractivity contribution < 1.29 is 13.2 Å². The van der Waals surface area contributed by atoms with Crippen LogP contribution in [0.3, 0.4) is 0 Å². The van der Waals surface area contributed by atoms with Crippen LogP contribution in [0.15, 0.2) is 0 Å². The highest BCUT2D eigenvalue weighted by atomic mass is 35.7. The Morgan fingerprint density at radius 2 is 1.84 bits per heavy atom. The minimum absolute atomic E-state index is 0.0147. The average Bonchev–Trinajstić information content (AvgIpc) is 2.23. The lowest BCUT2D eigenvalue weighted by atomic mass is 9.82. The molecule has 0 N–H and O–H groups in total. The fraction of sp³-hybridized carbons (Fsp3) is 1.00. The lowest BCUT2D eigenvalue weighted by molar-refractivity contribution is -0.0345. The fourth-order valence-corrected chi connectivity index (χ4v) is 4.09. The first-order valence-corrected chi connectivity index (χ1v) is 9.61. The summed E-state index contributed by atoms with van der Waals surface area (Å²) in [4.78, 5) is 0. The molecule has 1 saturated carbocycles. The predicted octanol–water partition coefficient (Wildman–Crippen LogP) is 3.81. The van der Waals surface area contributed by atoms with Crippen molar-refractivity contribution in [1.82, 2.24) is 0 Å². The highest BCUT2D eigenvalue weighted by Crippen LogP contribution is 2.31. The Balaban J connectivity index is 2.58. The van der Waals surface area contributed by atoms with E-state index in [4.69, 9.17) is 15.4 Å². The summed E-state index contributed by atoms with van der Waals surface area (Å²) in [6, 6.07) is 0. The van der Waals surface area contributed by atoms with Gasteiger partial charge in [-0.3, -0.25) is 0 Å². The number of hydrogen-bond donors (Lipinski definition) is 0. The van der Waals surface area contributed by atoms with Crippen LogP contribution in [0.25, 0.3) is 0 Å². The first-order chi connectivity index (χ1) is 8.59. The van der Waals surface area contributed by atoms with Gasteiger partial charge in [-0.1, -0.05) is 40.5 Å². The van der Waals surface area contributed by atoms with Crippen molar-refractivity contribution in [3.05, 3.63) is 0 Å². The third kappa shape index (κ3) is 6.46. The Labute approximate surface area is 122 Å². The molecule has 0 aromatic rings. The van der Waals surface area contributed by atoms with Crippen LogP contribution in [0.4, 0.5) is 0 Å². The largest absolute Gasteiger partial charge is 0.378 e. The van der Waals surface area contributed by atoms with Crippen molar-refractivity contribution in [3.63, 3.8) is 0 Å². The number of hydrogen-bond acceptors (Lipinski definition) is 3. The van der Waals surface area contributed by atoms with E-state index in [0.29, 0.717) is 12.5 Å². The van der Waals surface area contributed by atoms with Gasteiger partial charge >= 0.3 is 0 Å². The van der Waals surface area contributed by atoms with Gasteiger partial charge in [-0.2, -0.15) is 0 Å². The molecule has 0 aliphatic heterocycles. The van der Waals surface area contributed by atoms with Gasteiger partial charge < -0.3 is 4.74 Å². The standard InChI is InChI=1S/C14H27ClO3S/c1-11-7-5-6-8-13(11)18-9-12(14(2,3)4)10-19(15,16)17/h11-13H,5-10H2,1-4H3. The van der Waals surface area contributed by atoms with E-state index in [9.17, 15) is 8.42 Å². The van der Waals surface area contributed by atoms with Crippen molar-refractivity contribution >= 4 is 19.7 Å². The topological polar surface area (TPSA) is 43.4 Å². The van der Waals surface area contributed by atoms with Crippen LogP contribution in [-0.4, -0.2) is 26.9 Å². The molecule has 1 aliphatic carbocycles. The monoisotopic (exact) mass is 310 g/mol. The molecule has 0 saturated heterocycles. The first-order valence-electron chi connectivity index (χ1n) is 7.13. The van der Waals surface area contributed by atoms with E-state index in [0.717, 1.165) is 6.42 Å². The van der Waals surface area contributed by atoms with Gasteiger partial charge in [0, 0.05) is 16.6 Å². The zero-order valence-corrected chi connectivity index (χ0v) is 14.1. The Bertz CT molecular complexity index is 373. The second kappa shape index (κ2) is 6.77. The number of ether oxygens (including phenoxy) is 1. The fourth-order valence-electron chi connectivity index (χ4n) is 2.56. The highest BCUT2D eigenvalue weighted by Gasteiger charge is 2.31. The zero-order chi connectivity index (χ0) is 14.7. The maximum atomic E-state index is 11.3. The van der Waals surface area contributed by atoms with Crippen molar-refractivity contribution in [3.8, 4) is 0 Å². The summed E-state index contributed by atoms with van der Waals surface area (Å²) in [5, 5.41) is 0. The molecule has 114 valence electrons. The van der Waals surface area contributed by atoms with E-state index in [1.54, 1.807) is 0 Å². The molecule has 0 aromatic carbocycles. The summed E-state index contributed by atoms with van der Waals surface area (Å²) < 4.78 is 28.6. The molecule has 0 spiro atoms.